The highest BCUT2D eigenvalue weighted by molar-refractivity contribution is 8.00. The van der Waals surface area contributed by atoms with Gasteiger partial charge in [-0.25, -0.2) is 0 Å². The summed E-state index contributed by atoms with van der Waals surface area (Å²) in [5.74, 6) is 0.619. The Balaban J connectivity index is 1.82. The van der Waals surface area contributed by atoms with Crippen LogP contribution in [0.15, 0.2) is 23.0 Å². The molecule has 2 N–H and O–H groups in total. The van der Waals surface area contributed by atoms with Crippen molar-refractivity contribution in [3.05, 3.63) is 49.7 Å². The van der Waals surface area contributed by atoms with Gasteiger partial charge in [0.1, 0.15) is 5.82 Å². The first-order valence-electron chi connectivity index (χ1n) is 9.10. The number of halogens is 2. The van der Waals surface area contributed by atoms with Gasteiger partial charge in [-0.15, -0.1) is 11.8 Å². The third kappa shape index (κ3) is 3.73. The summed E-state index contributed by atoms with van der Waals surface area (Å²) in [6.07, 6.45) is 1.50. The maximum Gasteiger partial charge on any atom is 0.270 e. The summed E-state index contributed by atoms with van der Waals surface area (Å²) in [5, 5.41) is 6.52. The maximum atomic E-state index is 13.0. The largest absolute Gasteiger partial charge is 0.375 e. The van der Waals surface area contributed by atoms with Crippen molar-refractivity contribution in [1.29, 1.82) is 0 Å². The summed E-state index contributed by atoms with van der Waals surface area (Å²) in [5.41, 5.74) is 0.776. The number of benzene rings is 1. The van der Waals surface area contributed by atoms with Crippen molar-refractivity contribution in [2.24, 2.45) is 0 Å². The van der Waals surface area contributed by atoms with Gasteiger partial charge in [0, 0.05) is 16.7 Å². The average molecular weight is 442 g/mol. The molecule has 0 bridgehead atoms. The number of anilines is 1. The summed E-state index contributed by atoms with van der Waals surface area (Å²) in [6, 6.07) is 5.25. The van der Waals surface area contributed by atoms with E-state index in [1.807, 2.05) is 24.6 Å². The number of H-pyrrole nitrogens is 1. The molecule has 28 heavy (non-hydrogen) atoms. The molecule has 0 saturated carbocycles. The van der Waals surface area contributed by atoms with Gasteiger partial charge in [-0.2, -0.15) is 0 Å². The molecule has 1 aromatic heterocycles. The standard InChI is InChI=1S/C19H21Cl2N3O3S/c1-19(2)8-11(5-6-27-19)24-17-15(18(26)23-24)16(28-9-14(25)22-17)12-4-3-10(20)7-13(12)21/h3-4,7,11,16H,5-6,8-9H2,1-2H3,(H,22,25)(H,23,26)/t11-,16+/m1/s1. The van der Waals surface area contributed by atoms with Crippen molar-refractivity contribution in [3.8, 4) is 0 Å². The third-order valence-corrected chi connectivity index (χ3v) is 6.96. The number of fused-ring (bicyclic) bond motifs is 1. The number of carbonyl (C=O) groups is 1. The summed E-state index contributed by atoms with van der Waals surface area (Å²) in [6.45, 7) is 4.66. The van der Waals surface area contributed by atoms with Crippen molar-refractivity contribution in [1.82, 2.24) is 9.78 Å². The Morgan fingerprint density at radius 3 is 2.79 bits per heavy atom. The van der Waals surface area contributed by atoms with Crippen LogP contribution in [0, 0.1) is 0 Å². The molecule has 2 atom stereocenters. The van der Waals surface area contributed by atoms with Gasteiger partial charge in [-0.3, -0.25) is 19.4 Å². The molecule has 2 aliphatic heterocycles. The molecule has 4 rings (SSSR count). The number of ether oxygens (including phenoxy) is 1. The number of carbonyl (C=O) groups excluding carboxylic acids is 1. The number of thioether (sulfide) groups is 1. The summed E-state index contributed by atoms with van der Waals surface area (Å²) in [4.78, 5) is 25.4. The molecule has 2 aliphatic rings. The van der Waals surface area contributed by atoms with E-state index in [0.29, 0.717) is 28.0 Å². The van der Waals surface area contributed by atoms with Crippen LogP contribution < -0.4 is 10.9 Å². The summed E-state index contributed by atoms with van der Waals surface area (Å²) < 4.78 is 7.61. The zero-order chi connectivity index (χ0) is 20.1. The molecule has 1 amide bonds. The van der Waals surface area contributed by atoms with E-state index < -0.39 is 0 Å². The normalized spacial score (nSPS) is 24.4. The molecule has 9 heteroatoms. The smallest absolute Gasteiger partial charge is 0.270 e. The fourth-order valence-corrected chi connectivity index (χ4v) is 5.64. The molecule has 0 spiro atoms. The Morgan fingerprint density at radius 2 is 2.07 bits per heavy atom. The maximum absolute atomic E-state index is 13.0. The van der Waals surface area contributed by atoms with E-state index in [9.17, 15) is 9.59 Å². The lowest BCUT2D eigenvalue weighted by molar-refractivity contribution is -0.113. The van der Waals surface area contributed by atoms with E-state index in [2.05, 4.69) is 10.4 Å². The molecule has 0 radical (unpaired) electrons. The zero-order valence-corrected chi connectivity index (χ0v) is 17.9. The Bertz CT molecular complexity index is 985. The summed E-state index contributed by atoms with van der Waals surface area (Å²) >= 11 is 13.8. The van der Waals surface area contributed by atoms with Gasteiger partial charge in [-0.05, 0) is 44.4 Å². The minimum absolute atomic E-state index is 0.0324. The highest BCUT2D eigenvalue weighted by atomic mass is 35.5. The topological polar surface area (TPSA) is 76.1 Å². The van der Waals surface area contributed by atoms with Crippen LogP contribution >= 0.6 is 35.0 Å². The first-order valence-corrected chi connectivity index (χ1v) is 10.9. The number of rotatable bonds is 2. The second-order valence-corrected chi connectivity index (χ2v) is 9.67. The number of amides is 1. The van der Waals surface area contributed by atoms with E-state index in [-0.39, 0.29) is 34.1 Å². The molecular weight excluding hydrogens is 421 g/mol. The number of nitrogens with one attached hydrogen (secondary N) is 2. The number of nitrogens with zero attached hydrogens (tertiary/aromatic N) is 1. The Labute approximate surface area is 176 Å². The average Bonchev–Trinajstić information content (AvgIpc) is 2.81. The fourth-order valence-electron chi connectivity index (χ4n) is 3.90. The predicted molar refractivity (Wildman–Crippen MR) is 113 cm³/mol. The second kappa shape index (κ2) is 7.44. The zero-order valence-electron chi connectivity index (χ0n) is 15.6. The van der Waals surface area contributed by atoms with Crippen molar-refractivity contribution in [2.45, 2.75) is 43.6 Å². The molecule has 2 aromatic rings. The molecule has 1 saturated heterocycles. The van der Waals surface area contributed by atoms with Crippen LogP contribution in [0.25, 0.3) is 0 Å². The number of aromatic amines is 1. The lowest BCUT2D eigenvalue weighted by Crippen LogP contribution is -2.36. The molecule has 0 unspecified atom stereocenters. The van der Waals surface area contributed by atoms with Gasteiger partial charge in [0.15, 0.2) is 0 Å². The van der Waals surface area contributed by atoms with Gasteiger partial charge >= 0.3 is 0 Å². The Hall–Kier alpha value is -1.41. The van der Waals surface area contributed by atoms with Crippen LogP contribution in [-0.4, -0.2) is 33.6 Å². The second-order valence-electron chi connectivity index (χ2n) is 7.73. The van der Waals surface area contributed by atoms with Crippen LogP contribution in [0.4, 0.5) is 5.82 Å². The van der Waals surface area contributed by atoms with Crippen LogP contribution in [0.1, 0.15) is 49.1 Å². The molecule has 150 valence electrons. The Kier molecular flexibility index (Phi) is 5.29. The third-order valence-electron chi connectivity index (χ3n) is 5.14. The van der Waals surface area contributed by atoms with E-state index in [4.69, 9.17) is 27.9 Å². The minimum atomic E-state index is -0.364. The number of aromatic nitrogens is 2. The molecule has 3 heterocycles. The first kappa shape index (κ1) is 19.9. The van der Waals surface area contributed by atoms with Crippen molar-refractivity contribution in [2.75, 3.05) is 17.7 Å². The van der Waals surface area contributed by atoms with E-state index >= 15 is 0 Å². The van der Waals surface area contributed by atoms with Crippen molar-refractivity contribution in [3.63, 3.8) is 0 Å². The Morgan fingerprint density at radius 1 is 1.29 bits per heavy atom. The number of hydrogen-bond donors (Lipinski definition) is 2. The molecule has 0 aliphatic carbocycles. The van der Waals surface area contributed by atoms with Gasteiger partial charge in [0.05, 0.1) is 28.2 Å². The van der Waals surface area contributed by atoms with Crippen LogP contribution in [0.5, 0.6) is 0 Å². The summed E-state index contributed by atoms with van der Waals surface area (Å²) in [7, 11) is 0. The SMILES string of the molecule is CC1(C)C[C@H](n2[nH]c(=O)c3c2NC(=O)CS[C@H]3c2ccc(Cl)cc2Cl)CCO1. The van der Waals surface area contributed by atoms with E-state index in [1.54, 1.807) is 12.1 Å². The number of hydrogen-bond acceptors (Lipinski definition) is 4. The van der Waals surface area contributed by atoms with Crippen LogP contribution in [0.2, 0.25) is 10.0 Å². The van der Waals surface area contributed by atoms with Gasteiger partial charge in [-0.1, -0.05) is 29.3 Å². The molecule has 1 aromatic carbocycles. The highest BCUT2D eigenvalue weighted by Crippen LogP contribution is 2.44. The fraction of sp³-hybridized carbons (Fsp3) is 0.474. The van der Waals surface area contributed by atoms with Crippen LogP contribution in [0.3, 0.4) is 0 Å². The van der Waals surface area contributed by atoms with Crippen LogP contribution in [-0.2, 0) is 9.53 Å². The van der Waals surface area contributed by atoms with Crippen molar-refractivity contribution >= 4 is 46.7 Å². The molecular formula is C19H21Cl2N3O3S. The lowest BCUT2D eigenvalue weighted by atomic mass is 9.94. The monoisotopic (exact) mass is 441 g/mol. The van der Waals surface area contributed by atoms with Crippen molar-refractivity contribution < 1.29 is 9.53 Å². The first-order chi connectivity index (χ1) is 13.2. The predicted octanol–water partition coefficient (Wildman–Crippen LogP) is 4.39. The van der Waals surface area contributed by atoms with Gasteiger partial charge < -0.3 is 10.1 Å². The van der Waals surface area contributed by atoms with Gasteiger partial charge in [0.25, 0.3) is 5.56 Å². The quantitative estimate of drug-likeness (QED) is 0.724. The van der Waals surface area contributed by atoms with E-state index in [0.717, 1.165) is 18.4 Å². The highest BCUT2D eigenvalue weighted by Gasteiger charge is 2.36. The lowest BCUT2D eigenvalue weighted by Gasteiger charge is -2.36. The minimum Gasteiger partial charge on any atom is -0.375 e. The molecule has 1 fully saturated rings. The van der Waals surface area contributed by atoms with E-state index in [1.165, 1.54) is 11.8 Å². The molecule has 6 nitrogen and oxygen atoms in total. The van der Waals surface area contributed by atoms with Gasteiger partial charge in [0.2, 0.25) is 5.91 Å².